The third-order valence-electron chi connectivity index (χ3n) is 4.64. The maximum Gasteiger partial charge on any atom is 0.373 e. The molecular weight excluding hydrogens is 245 g/mol. The molecule has 4 aliphatic rings. The number of hydrogen-bond acceptors (Lipinski definition) is 2. The average molecular weight is 260 g/mol. The van der Waals surface area contributed by atoms with Gasteiger partial charge in [0.15, 0.2) is 0 Å². The minimum absolute atomic E-state index is 0.520. The lowest BCUT2D eigenvalue weighted by Crippen LogP contribution is -2.52. The fourth-order valence-corrected chi connectivity index (χ4v) is 4.47. The average Bonchev–Trinajstić information content (AvgIpc) is 2.24. The fourth-order valence-electron chi connectivity index (χ4n) is 4.47. The molecule has 0 aromatic heterocycles. The molecule has 4 bridgehead atoms. The van der Waals surface area contributed by atoms with Crippen LogP contribution in [-0.2, 0) is 9.53 Å². The Labute approximate surface area is 103 Å². The van der Waals surface area contributed by atoms with Gasteiger partial charge in [-0.15, -0.1) is 0 Å². The van der Waals surface area contributed by atoms with Gasteiger partial charge >= 0.3 is 12.0 Å². The largest absolute Gasteiger partial charge is 0.454 e. The molecular formula is C13H15F3O2. The molecule has 4 rings (SSSR count). The lowest BCUT2D eigenvalue weighted by molar-refractivity contribution is -0.184. The minimum Gasteiger partial charge on any atom is -0.454 e. The maximum absolute atomic E-state index is 12.9. The lowest BCUT2D eigenvalue weighted by Gasteiger charge is -2.55. The maximum atomic E-state index is 12.9. The van der Waals surface area contributed by atoms with E-state index in [1.807, 2.05) is 0 Å². The number of carbonyl (C=O) groups excluding carboxylic acids is 1. The number of carbonyl (C=O) groups is 1. The van der Waals surface area contributed by atoms with Gasteiger partial charge in [-0.05, 0) is 56.3 Å². The summed E-state index contributed by atoms with van der Waals surface area (Å²) in [6.07, 6.45) is 2.99. The molecule has 0 spiro atoms. The van der Waals surface area contributed by atoms with E-state index < -0.39 is 23.5 Å². The second-order valence-corrected chi connectivity index (χ2v) is 6.06. The summed E-state index contributed by atoms with van der Waals surface area (Å²) in [5, 5.41) is 0. The van der Waals surface area contributed by atoms with Gasteiger partial charge in [0.05, 0.1) is 0 Å². The Bertz CT molecular complexity index is 377. The van der Waals surface area contributed by atoms with Crippen LogP contribution in [0.25, 0.3) is 0 Å². The molecule has 0 N–H and O–H groups in total. The van der Waals surface area contributed by atoms with Gasteiger partial charge in [0, 0.05) is 0 Å². The van der Waals surface area contributed by atoms with E-state index in [4.69, 9.17) is 4.74 Å². The van der Waals surface area contributed by atoms with Crippen LogP contribution in [0.15, 0.2) is 11.9 Å². The van der Waals surface area contributed by atoms with Gasteiger partial charge in [-0.3, -0.25) is 0 Å². The standard InChI is InChI=1S/C13H15F3O2/c14-10(11(15)16)12(17)18-13-4-7-1-8(5-13)3-9(2-7)6-13/h7-9H,1-6H2. The van der Waals surface area contributed by atoms with Crippen LogP contribution in [0.5, 0.6) is 0 Å². The van der Waals surface area contributed by atoms with Crippen LogP contribution < -0.4 is 0 Å². The highest BCUT2D eigenvalue weighted by molar-refractivity contribution is 5.86. The van der Waals surface area contributed by atoms with Crippen molar-refractivity contribution in [2.45, 2.75) is 44.1 Å². The van der Waals surface area contributed by atoms with Gasteiger partial charge in [0.1, 0.15) is 5.60 Å². The normalized spacial score (nSPS) is 40.7. The van der Waals surface area contributed by atoms with E-state index in [1.54, 1.807) is 0 Å². The summed E-state index contributed by atoms with van der Waals surface area (Å²) in [6.45, 7) is 0. The molecule has 18 heavy (non-hydrogen) atoms. The van der Waals surface area contributed by atoms with Crippen LogP contribution >= 0.6 is 0 Å². The van der Waals surface area contributed by atoms with Gasteiger partial charge in [0.25, 0.3) is 5.83 Å². The first kappa shape index (κ1) is 12.1. The van der Waals surface area contributed by atoms with Crippen LogP contribution in [0, 0.1) is 17.8 Å². The molecule has 0 heterocycles. The zero-order valence-electron chi connectivity index (χ0n) is 9.93. The molecule has 4 fully saturated rings. The first-order chi connectivity index (χ1) is 8.47. The molecule has 4 aliphatic carbocycles. The topological polar surface area (TPSA) is 26.3 Å². The summed E-state index contributed by atoms with van der Waals surface area (Å²) in [6, 6.07) is 0. The van der Waals surface area contributed by atoms with E-state index in [0.717, 1.165) is 19.3 Å². The predicted molar refractivity (Wildman–Crippen MR) is 57.3 cm³/mol. The Kier molecular flexibility index (Phi) is 2.68. The first-order valence-corrected chi connectivity index (χ1v) is 6.41. The van der Waals surface area contributed by atoms with Gasteiger partial charge in [-0.25, -0.2) is 4.79 Å². The van der Waals surface area contributed by atoms with Crippen LogP contribution in [0.2, 0.25) is 0 Å². The van der Waals surface area contributed by atoms with Crippen LogP contribution in [-0.4, -0.2) is 11.6 Å². The Hall–Kier alpha value is -1.00. The third kappa shape index (κ3) is 1.93. The molecule has 0 aromatic carbocycles. The van der Waals surface area contributed by atoms with Crippen molar-refractivity contribution in [3.63, 3.8) is 0 Å². The van der Waals surface area contributed by atoms with Crippen molar-refractivity contribution in [1.29, 1.82) is 0 Å². The molecule has 0 atom stereocenters. The Balaban J connectivity index is 1.76. The lowest BCUT2D eigenvalue weighted by atomic mass is 9.54. The number of rotatable bonds is 2. The van der Waals surface area contributed by atoms with E-state index in [2.05, 4.69) is 0 Å². The quantitative estimate of drug-likeness (QED) is 0.560. The van der Waals surface area contributed by atoms with Crippen LogP contribution in [0.1, 0.15) is 38.5 Å². The number of halogens is 3. The van der Waals surface area contributed by atoms with Gasteiger partial charge in [-0.1, -0.05) is 0 Å². The SMILES string of the molecule is O=C(OC12CC3CC(CC(C3)C1)C2)C(F)=C(F)F. The second kappa shape index (κ2) is 4.00. The van der Waals surface area contributed by atoms with Crippen molar-refractivity contribution in [3.05, 3.63) is 11.9 Å². The monoisotopic (exact) mass is 260 g/mol. The smallest absolute Gasteiger partial charge is 0.373 e. The highest BCUT2D eigenvalue weighted by atomic mass is 19.3. The summed E-state index contributed by atoms with van der Waals surface area (Å²) in [7, 11) is 0. The molecule has 2 nitrogen and oxygen atoms in total. The molecule has 100 valence electrons. The van der Waals surface area contributed by atoms with E-state index in [0.29, 0.717) is 37.0 Å². The Morgan fingerprint density at radius 3 is 1.78 bits per heavy atom. The van der Waals surface area contributed by atoms with Gasteiger partial charge in [0.2, 0.25) is 0 Å². The molecule has 0 radical (unpaired) electrons. The van der Waals surface area contributed by atoms with Crippen molar-refractivity contribution in [2.75, 3.05) is 0 Å². The van der Waals surface area contributed by atoms with E-state index in [9.17, 15) is 18.0 Å². The van der Waals surface area contributed by atoms with E-state index >= 15 is 0 Å². The van der Waals surface area contributed by atoms with E-state index in [-0.39, 0.29) is 0 Å². The van der Waals surface area contributed by atoms with Crippen molar-refractivity contribution >= 4 is 5.97 Å². The molecule has 4 saturated carbocycles. The number of hydrogen-bond donors (Lipinski definition) is 0. The summed E-state index contributed by atoms with van der Waals surface area (Å²) >= 11 is 0. The Morgan fingerprint density at radius 1 is 0.944 bits per heavy atom. The van der Waals surface area contributed by atoms with Crippen molar-refractivity contribution < 1.29 is 22.7 Å². The zero-order valence-corrected chi connectivity index (χ0v) is 9.93. The highest BCUT2D eigenvalue weighted by Gasteiger charge is 2.53. The third-order valence-corrected chi connectivity index (χ3v) is 4.64. The van der Waals surface area contributed by atoms with Crippen LogP contribution in [0.4, 0.5) is 13.2 Å². The number of ether oxygens (including phenoxy) is 1. The predicted octanol–water partition coefficient (Wildman–Crippen LogP) is 3.58. The Morgan fingerprint density at radius 2 is 1.39 bits per heavy atom. The molecule has 0 aromatic rings. The number of esters is 1. The minimum atomic E-state index is -2.59. The van der Waals surface area contributed by atoms with E-state index in [1.165, 1.54) is 0 Å². The first-order valence-electron chi connectivity index (χ1n) is 6.41. The second-order valence-electron chi connectivity index (χ2n) is 6.06. The fraction of sp³-hybridized carbons (Fsp3) is 0.769. The summed E-state index contributed by atoms with van der Waals surface area (Å²) in [5.41, 5.74) is -0.668. The van der Waals surface area contributed by atoms with Crippen molar-refractivity contribution in [1.82, 2.24) is 0 Å². The van der Waals surface area contributed by atoms with Crippen molar-refractivity contribution in [2.24, 2.45) is 17.8 Å². The van der Waals surface area contributed by atoms with Gasteiger partial charge in [-0.2, -0.15) is 13.2 Å². The molecule has 0 amide bonds. The summed E-state index contributed by atoms with van der Waals surface area (Å²) < 4.78 is 42.1. The van der Waals surface area contributed by atoms with Crippen LogP contribution in [0.3, 0.4) is 0 Å². The molecule has 0 saturated heterocycles. The highest BCUT2D eigenvalue weighted by Crippen LogP contribution is 2.57. The van der Waals surface area contributed by atoms with Gasteiger partial charge < -0.3 is 4.74 Å². The summed E-state index contributed by atoms with van der Waals surface area (Å²) in [4.78, 5) is 11.3. The zero-order chi connectivity index (χ0) is 12.9. The van der Waals surface area contributed by atoms with Crippen molar-refractivity contribution in [3.8, 4) is 0 Å². The molecule has 0 unspecified atom stereocenters. The molecule has 5 heteroatoms. The summed E-state index contributed by atoms with van der Waals surface area (Å²) in [5.74, 6) is -1.97. The molecule has 0 aliphatic heterocycles.